The first kappa shape index (κ1) is 23.4. The molecule has 0 aliphatic heterocycles. The van der Waals surface area contributed by atoms with Gasteiger partial charge in [-0.25, -0.2) is 24.3 Å². The van der Waals surface area contributed by atoms with E-state index in [2.05, 4.69) is 30.1 Å². The molecule has 0 spiro atoms. The normalized spacial score (nSPS) is 7.47. The molecule has 3 nitrogen and oxygen atoms in total. The molecule has 1 heterocycles. The van der Waals surface area contributed by atoms with E-state index in [1.54, 1.807) is 13.8 Å². The quantitative estimate of drug-likeness (QED) is 0.517. The number of hydrogen-bond acceptors (Lipinski definition) is 2. The minimum Gasteiger partial charge on any atom is -0.459 e. The van der Waals surface area contributed by atoms with E-state index in [9.17, 15) is 0 Å². The van der Waals surface area contributed by atoms with Crippen molar-refractivity contribution in [3.8, 4) is 0 Å². The van der Waals surface area contributed by atoms with E-state index in [-0.39, 0.29) is 34.9 Å². The van der Waals surface area contributed by atoms with E-state index >= 15 is 0 Å². The van der Waals surface area contributed by atoms with Crippen molar-refractivity contribution < 1.29 is 31.9 Å². The number of aryl methyl sites for hydroxylation is 2. The third kappa shape index (κ3) is 22.9. The number of aliphatic hydroxyl groups is 2. The molecule has 1 aromatic carbocycles. The summed E-state index contributed by atoms with van der Waals surface area (Å²) < 4.78 is 0. The van der Waals surface area contributed by atoms with Crippen LogP contribution in [0.1, 0.15) is 25.1 Å². The van der Waals surface area contributed by atoms with Crippen molar-refractivity contribution >= 4 is 0 Å². The summed E-state index contributed by atoms with van der Waals surface area (Å²) in [7, 11) is 0. The minimum atomic E-state index is 0. The van der Waals surface area contributed by atoms with Gasteiger partial charge in [0.05, 0.1) is 0 Å². The molecule has 0 saturated heterocycles. The molecule has 0 amide bonds. The van der Waals surface area contributed by atoms with Crippen LogP contribution in [0.5, 0.6) is 0 Å². The van der Waals surface area contributed by atoms with Gasteiger partial charge in [-0.1, -0.05) is 12.6 Å². The molecule has 0 radical (unpaired) electrons. The second kappa shape index (κ2) is 19.6. The van der Waals surface area contributed by atoms with Gasteiger partial charge in [0.25, 0.3) is 0 Å². The Kier molecular flexibility index (Phi) is 24.1. The smallest absolute Gasteiger partial charge is 0.459 e. The average molecular weight is 299 g/mol. The zero-order chi connectivity index (χ0) is 14.2. The summed E-state index contributed by atoms with van der Waals surface area (Å²) >= 11 is 0. The Hall–Kier alpha value is -0.736. The van der Waals surface area contributed by atoms with Gasteiger partial charge in [-0.2, -0.15) is 17.7 Å². The molecule has 19 heavy (non-hydrogen) atoms. The van der Waals surface area contributed by atoms with E-state index < -0.39 is 0 Å². The van der Waals surface area contributed by atoms with Crippen LogP contribution >= 0.6 is 0 Å². The summed E-state index contributed by atoms with van der Waals surface area (Å²) in [4.78, 5) is 2.94. The van der Waals surface area contributed by atoms with Crippen molar-refractivity contribution in [3.05, 3.63) is 53.9 Å². The fourth-order valence-corrected chi connectivity index (χ4v) is 0.845. The third-order valence-corrected chi connectivity index (χ3v) is 1.51. The molecule has 3 N–H and O–H groups in total. The number of aromatic nitrogens is 1. The predicted octanol–water partition coefficient (Wildman–Crippen LogP) is 2.83. The molecule has 4 heteroatoms. The maximum atomic E-state index is 7.57. The Labute approximate surface area is 131 Å². The number of aromatic amines is 1. The molecule has 2 rings (SSSR count). The molecule has 0 bridgehead atoms. The van der Waals surface area contributed by atoms with Crippen LogP contribution in [0.3, 0.4) is 0 Å². The number of H-pyrrole nitrogens is 1. The second-order valence-corrected chi connectivity index (χ2v) is 3.34. The van der Waals surface area contributed by atoms with Crippen LogP contribution < -0.4 is 0 Å². The first-order chi connectivity index (χ1) is 8.62. The van der Waals surface area contributed by atoms with Crippen LogP contribution in [-0.2, 0) is 21.7 Å². The summed E-state index contributed by atoms with van der Waals surface area (Å²) in [5, 5.41) is 15.1. The maximum Gasteiger partial charge on any atom is 2.00 e. The number of aliphatic hydroxyl groups excluding tert-OH is 2. The van der Waals surface area contributed by atoms with Gasteiger partial charge < -0.3 is 15.2 Å². The largest absolute Gasteiger partial charge is 2.00 e. The summed E-state index contributed by atoms with van der Waals surface area (Å²) in [6.45, 7) is 7.92. The zero-order valence-electron chi connectivity index (χ0n) is 12.3. The number of rotatable bonds is 0. The fraction of sp³-hybridized carbons (Fsp3) is 0.400. The van der Waals surface area contributed by atoms with Crippen LogP contribution in [0, 0.1) is 19.9 Å². The molecule has 2 aromatic rings. The molecule has 0 aliphatic carbocycles. The Morgan fingerprint density at radius 3 is 1.68 bits per heavy atom. The molecule has 0 saturated carbocycles. The monoisotopic (exact) mass is 299 g/mol. The van der Waals surface area contributed by atoms with Crippen molar-refractivity contribution in [1.29, 1.82) is 0 Å². The van der Waals surface area contributed by atoms with Crippen LogP contribution in [0.15, 0.2) is 36.5 Å². The molecular weight excluding hydrogens is 274 g/mol. The van der Waals surface area contributed by atoms with Crippen LogP contribution in [0.4, 0.5) is 0 Å². The zero-order valence-corrected chi connectivity index (χ0v) is 13.8. The minimum absolute atomic E-state index is 0. The van der Waals surface area contributed by atoms with E-state index in [0.717, 1.165) is 5.69 Å². The van der Waals surface area contributed by atoms with Crippen LogP contribution in [0.2, 0.25) is 0 Å². The second-order valence-electron chi connectivity index (χ2n) is 3.34. The van der Waals surface area contributed by atoms with Gasteiger partial charge in [0, 0.05) is 13.2 Å². The van der Waals surface area contributed by atoms with E-state index in [1.165, 1.54) is 5.56 Å². The van der Waals surface area contributed by atoms with E-state index in [1.807, 2.05) is 31.3 Å². The van der Waals surface area contributed by atoms with Crippen LogP contribution in [0.25, 0.3) is 0 Å². The predicted molar refractivity (Wildman–Crippen MR) is 76.7 cm³/mol. The molecule has 0 fully saturated rings. The van der Waals surface area contributed by atoms with Gasteiger partial charge in [0.1, 0.15) is 0 Å². The van der Waals surface area contributed by atoms with Gasteiger partial charge in [-0.05, 0) is 20.8 Å². The number of hydrogen-bond donors (Lipinski definition) is 3. The van der Waals surface area contributed by atoms with Gasteiger partial charge in [-0.3, -0.25) is 0 Å². The van der Waals surface area contributed by atoms with Crippen molar-refractivity contribution in [1.82, 2.24) is 4.98 Å². The van der Waals surface area contributed by atoms with Crippen molar-refractivity contribution in [2.75, 3.05) is 13.2 Å². The van der Waals surface area contributed by atoms with Gasteiger partial charge in [0.15, 0.2) is 0 Å². The van der Waals surface area contributed by atoms with E-state index in [0.29, 0.717) is 0 Å². The summed E-state index contributed by atoms with van der Waals surface area (Å²) in [6.07, 6.45) is 1.86. The first-order valence-corrected chi connectivity index (χ1v) is 6.03. The van der Waals surface area contributed by atoms with Crippen molar-refractivity contribution in [2.45, 2.75) is 27.7 Å². The fourth-order valence-electron chi connectivity index (χ4n) is 0.845. The molecule has 0 aliphatic rings. The van der Waals surface area contributed by atoms with Crippen molar-refractivity contribution in [3.63, 3.8) is 0 Å². The third-order valence-electron chi connectivity index (χ3n) is 1.51. The standard InChI is InChI=1S/C6H7.C5H6N.2C2H6O.Ti/c1-6-4-2-3-5-6;1-5-3-2-4-6-5;2*1-2-3;/h2-5H,1H3;2,4,6H,1H3;2*3H,2H2,1H3;/q2*-1;;;+2. The molecule has 1 aromatic heterocycles. The Balaban J connectivity index is -0.000000188. The Morgan fingerprint density at radius 1 is 1.16 bits per heavy atom. The topological polar surface area (TPSA) is 56.2 Å². The molecule has 0 unspecified atom stereocenters. The van der Waals surface area contributed by atoms with Gasteiger partial charge in [-0.15, -0.1) is 6.20 Å². The SMILES string of the molecule is CCO.CCO.C[c-]1cccc1.Cc1[c-]cc[nH]1.[Ti+2]. The summed E-state index contributed by atoms with van der Waals surface area (Å²) in [5.74, 6) is 0. The van der Waals surface area contributed by atoms with Crippen molar-refractivity contribution in [2.24, 2.45) is 0 Å². The van der Waals surface area contributed by atoms with E-state index in [4.69, 9.17) is 10.2 Å². The average Bonchev–Trinajstić information content (AvgIpc) is 2.95. The summed E-state index contributed by atoms with van der Waals surface area (Å²) in [6, 6.07) is 13.0. The molecule has 0 atom stereocenters. The van der Waals surface area contributed by atoms with Crippen LogP contribution in [-0.4, -0.2) is 28.4 Å². The first-order valence-electron chi connectivity index (χ1n) is 6.03. The molecular formula is C15H25NO2Ti. The maximum absolute atomic E-state index is 7.57. The Bertz CT molecular complexity index is 284. The number of nitrogens with one attached hydrogen (secondary N) is 1. The van der Waals surface area contributed by atoms with Gasteiger partial charge >= 0.3 is 21.7 Å². The Morgan fingerprint density at radius 2 is 1.58 bits per heavy atom. The van der Waals surface area contributed by atoms with Gasteiger partial charge in [0.2, 0.25) is 0 Å². The molecule has 106 valence electrons. The summed E-state index contributed by atoms with van der Waals surface area (Å²) in [5.41, 5.74) is 2.44.